The van der Waals surface area contributed by atoms with Gasteiger partial charge in [0.1, 0.15) is 30.3 Å². The average Bonchev–Trinajstić information content (AvgIpc) is 2.80. The number of ether oxygens (including phenoxy) is 3. The second kappa shape index (κ2) is 11.2. The van der Waals surface area contributed by atoms with Gasteiger partial charge in [0.05, 0.1) is 12.1 Å². The van der Waals surface area contributed by atoms with Gasteiger partial charge in [-0.1, -0.05) is 42.5 Å². The van der Waals surface area contributed by atoms with Crippen LogP contribution in [-0.2, 0) is 11.3 Å². The van der Waals surface area contributed by atoms with Crippen molar-refractivity contribution in [2.75, 3.05) is 13.2 Å². The van der Waals surface area contributed by atoms with Crippen LogP contribution in [0.3, 0.4) is 0 Å². The van der Waals surface area contributed by atoms with E-state index in [1.807, 2.05) is 54.6 Å². The van der Waals surface area contributed by atoms with E-state index >= 15 is 0 Å². The molecule has 0 saturated carbocycles. The number of carbonyl (C=O) groups is 2. The Morgan fingerprint density at radius 3 is 2.21 bits per heavy atom. The number of benzene rings is 3. The van der Waals surface area contributed by atoms with Crippen LogP contribution in [0.2, 0.25) is 0 Å². The van der Waals surface area contributed by atoms with Crippen LogP contribution in [0.4, 0.5) is 4.79 Å². The minimum absolute atomic E-state index is 0.108. The fourth-order valence-electron chi connectivity index (χ4n) is 3.09. The summed E-state index contributed by atoms with van der Waals surface area (Å²) in [5.74, 6) is 0.0540. The Hall–Kier alpha value is -4.00. The van der Waals surface area contributed by atoms with E-state index in [1.54, 1.807) is 32.9 Å². The summed E-state index contributed by atoms with van der Waals surface area (Å²) in [5.41, 5.74) is 2.12. The summed E-state index contributed by atoms with van der Waals surface area (Å²) in [6.45, 7) is 6.19. The Kier molecular flexibility index (Phi) is 8.14. The number of aromatic carboxylic acids is 1. The van der Waals surface area contributed by atoms with Crippen LogP contribution in [0.25, 0.3) is 11.1 Å². The molecule has 178 valence electrons. The summed E-state index contributed by atoms with van der Waals surface area (Å²) >= 11 is 0. The van der Waals surface area contributed by atoms with Crippen molar-refractivity contribution >= 4 is 12.1 Å². The molecule has 0 spiro atoms. The van der Waals surface area contributed by atoms with Gasteiger partial charge in [0.15, 0.2) is 0 Å². The molecular formula is C27H29NO6. The number of alkyl carbamates (subject to hydrolysis) is 1. The zero-order valence-corrected chi connectivity index (χ0v) is 19.5. The number of amides is 1. The number of carbonyl (C=O) groups excluding carboxylic acids is 1. The predicted octanol–water partition coefficient (Wildman–Crippen LogP) is 5.53. The maximum absolute atomic E-state index is 11.7. The van der Waals surface area contributed by atoms with Gasteiger partial charge in [-0.2, -0.15) is 0 Å². The fourth-order valence-corrected chi connectivity index (χ4v) is 3.09. The molecule has 7 nitrogen and oxygen atoms in total. The second-order valence-corrected chi connectivity index (χ2v) is 8.63. The lowest BCUT2D eigenvalue weighted by atomic mass is 10.0. The summed E-state index contributed by atoms with van der Waals surface area (Å²) in [5, 5.41) is 12.1. The zero-order chi connectivity index (χ0) is 24.6. The Bertz CT molecular complexity index is 1100. The molecule has 0 unspecified atom stereocenters. The van der Waals surface area contributed by atoms with Crippen molar-refractivity contribution < 1.29 is 28.9 Å². The van der Waals surface area contributed by atoms with Gasteiger partial charge in [0.25, 0.3) is 0 Å². The van der Waals surface area contributed by atoms with Gasteiger partial charge in [-0.25, -0.2) is 9.59 Å². The Balaban J connectivity index is 1.63. The summed E-state index contributed by atoms with van der Waals surface area (Å²) in [7, 11) is 0. The van der Waals surface area contributed by atoms with Crippen LogP contribution in [0.1, 0.15) is 36.7 Å². The van der Waals surface area contributed by atoms with Gasteiger partial charge in [-0.05, 0) is 67.8 Å². The molecule has 0 bridgehead atoms. The SMILES string of the molecule is CC(C)(C)OC(=O)NCCOc1cc(C(=O)O)cc(-c2ccc(OCc3ccccc3)cc2)c1. The van der Waals surface area contributed by atoms with Gasteiger partial charge >= 0.3 is 12.1 Å². The van der Waals surface area contributed by atoms with Crippen LogP contribution in [0.5, 0.6) is 11.5 Å². The van der Waals surface area contributed by atoms with E-state index < -0.39 is 17.7 Å². The maximum Gasteiger partial charge on any atom is 0.407 e. The topological polar surface area (TPSA) is 94.1 Å². The molecular weight excluding hydrogens is 434 g/mol. The normalized spacial score (nSPS) is 10.9. The van der Waals surface area contributed by atoms with E-state index in [0.717, 1.165) is 11.1 Å². The van der Waals surface area contributed by atoms with Crippen molar-refractivity contribution in [2.24, 2.45) is 0 Å². The molecule has 0 heterocycles. The number of carboxylic acids is 1. The molecule has 0 aliphatic heterocycles. The molecule has 2 N–H and O–H groups in total. The van der Waals surface area contributed by atoms with Gasteiger partial charge in [-0.3, -0.25) is 0 Å². The molecule has 0 aromatic heterocycles. The molecule has 0 aliphatic carbocycles. The summed E-state index contributed by atoms with van der Waals surface area (Å²) in [6, 6.07) is 22.1. The van der Waals surface area contributed by atoms with E-state index in [4.69, 9.17) is 14.2 Å². The van der Waals surface area contributed by atoms with E-state index in [-0.39, 0.29) is 18.7 Å². The van der Waals surface area contributed by atoms with Crippen molar-refractivity contribution in [3.05, 3.63) is 83.9 Å². The Morgan fingerprint density at radius 2 is 1.56 bits per heavy atom. The van der Waals surface area contributed by atoms with Crippen LogP contribution >= 0.6 is 0 Å². The van der Waals surface area contributed by atoms with Crippen molar-refractivity contribution in [1.82, 2.24) is 5.32 Å². The van der Waals surface area contributed by atoms with E-state index in [9.17, 15) is 14.7 Å². The van der Waals surface area contributed by atoms with Crippen molar-refractivity contribution in [3.63, 3.8) is 0 Å². The van der Waals surface area contributed by atoms with Crippen LogP contribution in [-0.4, -0.2) is 35.9 Å². The summed E-state index contributed by atoms with van der Waals surface area (Å²) < 4.78 is 16.7. The summed E-state index contributed by atoms with van der Waals surface area (Å²) in [6.07, 6.45) is -0.536. The van der Waals surface area contributed by atoms with Crippen molar-refractivity contribution in [2.45, 2.75) is 33.0 Å². The Morgan fingerprint density at radius 1 is 0.853 bits per heavy atom. The molecule has 3 aromatic rings. The number of carboxylic acid groups (broad SMARTS) is 1. The quantitative estimate of drug-likeness (QED) is 0.405. The van der Waals surface area contributed by atoms with Gasteiger partial charge in [0.2, 0.25) is 0 Å². The first-order valence-corrected chi connectivity index (χ1v) is 10.9. The minimum Gasteiger partial charge on any atom is -0.492 e. The lowest BCUT2D eigenvalue weighted by Crippen LogP contribution is -2.34. The maximum atomic E-state index is 11.7. The first-order valence-electron chi connectivity index (χ1n) is 10.9. The van der Waals surface area contributed by atoms with Crippen LogP contribution in [0.15, 0.2) is 72.8 Å². The molecule has 7 heteroatoms. The van der Waals surface area contributed by atoms with Crippen molar-refractivity contribution in [1.29, 1.82) is 0 Å². The minimum atomic E-state index is -1.05. The average molecular weight is 464 g/mol. The molecule has 0 aliphatic rings. The Labute approximate surface area is 199 Å². The third kappa shape index (κ3) is 7.85. The summed E-state index contributed by atoms with van der Waals surface area (Å²) in [4.78, 5) is 23.3. The highest BCUT2D eigenvalue weighted by molar-refractivity contribution is 5.90. The molecule has 0 fully saturated rings. The second-order valence-electron chi connectivity index (χ2n) is 8.63. The zero-order valence-electron chi connectivity index (χ0n) is 19.5. The van der Waals surface area contributed by atoms with Gasteiger partial charge in [0, 0.05) is 0 Å². The number of rotatable bonds is 9. The van der Waals surface area contributed by atoms with Crippen LogP contribution in [0, 0.1) is 0 Å². The third-order valence-corrected chi connectivity index (χ3v) is 4.63. The largest absolute Gasteiger partial charge is 0.492 e. The van der Waals surface area contributed by atoms with Gasteiger partial charge < -0.3 is 24.6 Å². The molecule has 1 amide bonds. The lowest BCUT2D eigenvalue weighted by molar-refractivity contribution is 0.0520. The molecule has 0 radical (unpaired) electrons. The van der Waals surface area contributed by atoms with E-state index in [2.05, 4.69) is 5.32 Å². The highest BCUT2D eigenvalue weighted by Crippen LogP contribution is 2.28. The first-order chi connectivity index (χ1) is 16.2. The monoisotopic (exact) mass is 463 g/mol. The molecule has 0 saturated heterocycles. The smallest absolute Gasteiger partial charge is 0.407 e. The van der Waals surface area contributed by atoms with Crippen LogP contribution < -0.4 is 14.8 Å². The predicted molar refractivity (Wildman–Crippen MR) is 129 cm³/mol. The fraction of sp³-hybridized carbons (Fsp3) is 0.259. The molecule has 3 aromatic carbocycles. The third-order valence-electron chi connectivity index (χ3n) is 4.63. The van der Waals surface area contributed by atoms with Crippen molar-refractivity contribution in [3.8, 4) is 22.6 Å². The molecule has 34 heavy (non-hydrogen) atoms. The number of hydrogen-bond donors (Lipinski definition) is 2. The highest BCUT2D eigenvalue weighted by Gasteiger charge is 2.15. The first kappa shape index (κ1) is 24.6. The highest BCUT2D eigenvalue weighted by atomic mass is 16.6. The van der Waals surface area contributed by atoms with E-state index in [0.29, 0.717) is 23.7 Å². The van der Waals surface area contributed by atoms with E-state index in [1.165, 1.54) is 6.07 Å². The van der Waals surface area contributed by atoms with Gasteiger partial charge in [-0.15, -0.1) is 0 Å². The lowest BCUT2D eigenvalue weighted by Gasteiger charge is -2.19. The molecule has 0 atom stereocenters. The standard InChI is InChI=1S/C27H29NO6/c1-27(2,3)34-26(31)28-13-14-32-24-16-21(15-22(17-24)25(29)30)20-9-11-23(12-10-20)33-18-19-7-5-4-6-8-19/h4-12,15-17H,13-14,18H2,1-3H3,(H,28,31)(H,29,30). The number of nitrogens with one attached hydrogen (secondary N) is 1. The molecule has 3 rings (SSSR count). The number of hydrogen-bond acceptors (Lipinski definition) is 5.